The normalized spacial score (nSPS) is 9.33. The summed E-state index contributed by atoms with van der Waals surface area (Å²) in [5.41, 5.74) is 1.80. The van der Waals surface area contributed by atoms with E-state index in [2.05, 4.69) is 6.07 Å². The molecule has 0 unspecified atom stereocenters. The third-order valence-corrected chi connectivity index (χ3v) is 1.71. The molecule has 0 spiro atoms. The molecule has 12 heavy (non-hydrogen) atoms. The quantitative estimate of drug-likeness (QED) is 0.676. The van der Waals surface area contributed by atoms with Crippen LogP contribution in [0.25, 0.3) is 0 Å². The van der Waals surface area contributed by atoms with Gasteiger partial charge in [0.1, 0.15) is 0 Å². The second-order valence-electron chi connectivity index (χ2n) is 2.51. The summed E-state index contributed by atoms with van der Waals surface area (Å²) in [7, 11) is 1.66. The molecule has 0 fully saturated rings. The molecule has 0 N–H and O–H groups in total. The summed E-state index contributed by atoms with van der Waals surface area (Å²) >= 11 is 0. The van der Waals surface area contributed by atoms with Crippen LogP contribution in [0.4, 0.5) is 0 Å². The molecule has 0 aliphatic heterocycles. The number of rotatable bonds is 3. The molecule has 1 aromatic rings. The lowest BCUT2D eigenvalue weighted by Gasteiger charge is -2.01. The fourth-order valence-corrected chi connectivity index (χ4v) is 1.06. The predicted molar refractivity (Wildman–Crippen MR) is 46.7 cm³/mol. The third kappa shape index (κ3) is 2.08. The first-order chi connectivity index (χ1) is 5.88. The van der Waals surface area contributed by atoms with Crippen LogP contribution in [-0.4, -0.2) is 13.7 Å². The fraction of sp³-hybridized carbons (Fsp3) is 0.300. The summed E-state index contributed by atoms with van der Waals surface area (Å²) in [5.74, 6) is 0. The van der Waals surface area contributed by atoms with Crippen LogP contribution in [0.5, 0.6) is 0 Å². The molecule has 0 aliphatic rings. The fourth-order valence-electron chi connectivity index (χ4n) is 1.06. The van der Waals surface area contributed by atoms with Gasteiger partial charge in [-0.05, 0) is 18.1 Å². The van der Waals surface area contributed by atoms with E-state index in [-0.39, 0.29) is 0 Å². The minimum atomic E-state index is 0.665. The van der Waals surface area contributed by atoms with Crippen molar-refractivity contribution >= 4 is 0 Å². The van der Waals surface area contributed by atoms with E-state index in [0.717, 1.165) is 17.5 Å². The number of hydrogen-bond donors (Lipinski definition) is 0. The monoisotopic (exact) mass is 161 g/mol. The lowest BCUT2D eigenvalue weighted by Crippen LogP contribution is -1.96. The highest BCUT2D eigenvalue weighted by Crippen LogP contribution is 2.07. The summed E-state index contributed by atoms with van der Waals surface area (Å²) in [6.45, 7) is 0.665. The van der Waals surface area contributed by atoms with E-state index in [0.29, 0.717) is 6.61 Å². The molecule has 1 aromatic carbocycles. The van der Waals surface area contributed by atoms with Gasteiger partial charge in [0, 0.05) is 7.11 Å². The molecule has 62 valence electrons. The zero-order valence-electron chi connectivity index (χ0n) is 7.08. The Bertz CT molecular complexity index is 288. The van der Waals surface area contributed by atoms with Crippen molar-refractivity contribution in [2.24, 2.45) is 0 Å². The van der Waals surface area contributed by atoms with Gasteiger partial charge < -0.3 is 4.74 Å². The first-order valence-electron chi connectivity index (χ1n) is 3.85. The van der Waals surface area contributed by atoms with Gasteiger partial charge in [-0.3, -0.25) is 0 Å². The first kappa shape index (κ1) is 8.76. The highest BCUT2D eigenvalue weighted by molar-refractivity contribution is 5.37. The van der Waals surface area contributed by atoms with Crippen LogP contribution < -0.4 is 0 Å². The van der Waals surface area contributed by atoms with Crippen molar-refractivity contribution in [1.29, 1.82) is 5.26 Å². The Labute approximate surface area is 72.4 Å². The van der Waals surface area contributed by atoms with E-state index < -0.39 is 0 Å². The zero-order valence-corrected chi connectivity index (χ0v) is 7.08. The molecule has 0 aromatic heterocycles. The van der Waals surface area contributed by atoms with Crippen LogP contribution in [0.15, 0.2) is 24.3 Å². The standard InChI is InChI=1S/C10H11NO/c1-12-7-6-9-4-2-3-5-10(9)8-11/h2-5H,6-7H2,1H3. The molecule has 1 rings (SSSR count). The van der Waals surface area contributed by atoms with Crippen molar-refractivity contribution in [2.45, 2.75) is 6.42 Å². The summed E-state index contributed by atoms with van der Waals surface area (Å²) in [6, 6.07) is 9.74. The molecule has 0 saturated heterocycles. The molecule has 2 heteroatoms. The molecule has 0 bridgehead atoms. The van der Waals surface area contributed by atoms with E-state index in [9.17, 15) is 0 Å². The van der Waals surface area contributed by atoms with Crippen molar-refractivity contribution in [3.05, 3.63) is 35.4 Å². The highest BCUT2D eigenvalue weighted by atomic mass is 16.5. The molecule has 0 heterocycles. The minimum absolute atomic E-state index is 0.665. The topological polar surface area (TPSA) is 33.0 Å². The zero-order chi connectivity index (χ0) is 8.81. The maximum absolute atomic E-state index is 8.73. The Balaban J connectivity index is 2.77. The smallest absolute Gasteiger partial charge is 0.0994 e. The SMILES string of the molecule is COCCc1ccccc1C#N. The Morgan fingerprint density at radius 2 is 2.17 bits per heavy atom. The van der Waals surface area contributed by atoms with Crippen LogP contribution in [0.3, 0.4) is 0 Å². The lowest BCUT2D eigenvalue weighted by atomic mass is 10.1. The second kappa shape index (κ2) is 4.53. The van der Waals surface area contributed by atoms with Gasteiger partial charge in [0.05, 0.1) is 18.2 Å². The predicted octanol–water partition coefficient (Wildman–Crippen LogP) is 1.75. The largest absolute Gasteiger partial charge is 0.384 e. The van der Waals surface area contributed by atoms with Crippen LogP contribution in [0.2, 0.25) is 0 Å². The summed E-state index contributed by atoms with van der Waals surface area (Å²) < 4.78 is 4.94. The van der Waals surface area contributed by atoms with E-state index in [1.807, 2.05) is 24.3 Å². The van der Waals surface area contributed by atoms with E-state index in [1.54, 1.807) is 7.11 Å². The summed E-state index contributed by atoms with van der Waals surface area (Å²) in [5, 5.41) is 8.73. The Kier molecular flexibility index (Phi) is 3.31. The number of methoxy groups -OCH3 is 1. The molecule has 0 saturated carbocycles. The molecule has 2 nitrogen and oxygen atoms in total. The van der Waals surface area contributed by atoms with Gasteiger partial charge in [0.2, 0.25) is 0 Å². The summed E-state index contributed by atoms with van der Waals surface area (Å²) in [6.07, 6.45) is 0.806. The van der Waals surface area contributed by atoms with Crippen molar-refractivity contribution < 1.29 is 4.74 Å². The molecule has 0 aliphatic carbocycles. The summed E-state index contributed by atoms with van der Waals surface area (Å²) in [4.78, 5) is 0. The van der Waals surface area contributed by atoms with Crippen molar-refractivity contribution in [3.8, 4) is 6.07 Å². The second-order valence-corrected chi connectivity index (χ2v) is 2.51. The maximum Gasteiger partial charge on any atom is 0.0994 e. The highest BCUT2D eigenvalue weighted by Gasteiger charge is 1.98. The lowest BCUT2D eigenvalue weighted by molar-refractivity contribution is 0.202. The third-order valence-electron chi connectivity index (χ3n) is 1.71. The molecule has 0 radical (unpaired) electrons. The number of benzene rings is 1. The minimum Gasteiger partial charge on any atom is -0.384 e. The van der Waals surface area contributed by atoms with Gasteiger partial charge in [0.15, 0.2) is 0 Å². The Hall–Kier alpha value is -1.33. The number of nitrogens with zero attached hydrogens (tertiary/aromatic N) is 1. The van der Waals surface area contributed by atoms with E-state index in [1.165, 1.54) is 0 Å². The Morgan fingerprint density at radius 1 is 1.42 bits per heavy atom. The van der Waals surface area contributed by atoms with Gasteiger partial charge in [-0.25, -0.2) is 0 Å². The van der Waals surface area contributed by atoms with Crippen molar-refractivity contribution in [3.63, 3.8) is 0 Å². The number of hydrogen-bond acceptors (Lipinski definition) is 2. The number of nitriles is 1. The van der Waals surface area contributed by atoms with E-state index in [4.69, 9.17) is 10.00 Å². The van der Waals surface area contributed by atoms with Gasteiger partial charge in [-0.1, -0.05) is 18.2 Å². The molecular formula is C10H11NO. The molecule has 0 amide bonds. The van der Waals surface area contributed by atoms with Crippen molar-refractivity contribution in [2.75, 3.05) is 13.7 Å². The number of ether oxygens (including phenoxy) is 1. The molecule has 0 atom stereocenters. The average molecular weight is 161 g/mol. The van der Waals surface area contributed by atoms with Gasteiger partial charge in [0.25, 0.3) is 0 Å². The van der Waals surface area contributed by atoms with Gasteiger partial charge in [-0.15, -0.1) is 0 Å². The van der Waals surface area contributed by atoms with Gasteiger partial charge in [-0.2, -0.15) is 5.26 Å². The van der Waals surface area contributed by atoms with Crippen molar-refractivity contribution in [1.82, 2.24) is 0 Å². The van der Waals surface area contributed by atoms with E-state index >= 15 is 0 Å². The molecular weight excluding hydrogens is 150 g/mol. The maximum atomic E-state index is 8.73. The van der Waals surface area contributed by atoms with Gasteiger partial charge >= 0.3 is 0 Å². The average Bonchev–Trinajstić information content (AvgIpc) is 2.15. The first-order valence-corrected chi connectivity index (χ1v) is 3.85. The Morgan fingerprint density at radius 3 is 2.83 bits per heavy atom. The van der Waals surface area contributed by atoms with Crippen LogP contribution >= 0.6 is 0 Å². The van der Waals surface area contributed by atoms with Crippen LogP contribution in [-0.2, 0) is 11.2 Å². The van der Waals surface area contributed by atoms with Crippen LogP contribution in [0.1, 0.15) is 11.1 Å². The van der Waals surface area contributed by atoms with Crippen LogP contribution in [0, 0.1) is 11.3 Å².